The van der Waals surface area contributed by atoms with E-state index in [0.29, 0.717) is 44.4 Å². The van der Waals surface area contributed by atoms with Crippen LogP contribution in [-0.2, 0) is 4.79 Å². The minimum absolute atomic E-state index is 0.226. The van der Waals surface area contributed by atoms with E-state index in [9.17, 15) is 9.59 Å². The second-order valence-electron chi connectivity index (χ2n) is 5.87. The Kier molecular flexibility index (Phi) is 5.39. The first-order valence-corrected chi connectivity index (χ1v) is 9.82. The van der Waals surface area contributed by atoms with Crippen molar-refractivity contribution in [2.24, 2.45) is 0 Å². The number of nitrogens with zero attached hydrogens (tertiary/aromatic N) is 2. The zero-order valence-corrected chi connectivity index (χ0v) is 16.6. The highest BCUT2D eigenvalue weighted by Crippen LogP contribution is 2.32. The van der Waals surface area contributed by atoms with Crippen LogP contribution >= 0.6 is 27.7 Å². The van der Waals surface area contributed by atoms with Gasteiger partial charge in [-0.05, 0) is 54.0 Å². The molecule has 2 aromatic rings. The molecular formula is C18H16BrN3O3S. The van der Waals surface area contributed by atoms with E-state index in [1.807, 2.05) is 6.07 Å². The van der Waals surface area contributed by atoms with Gasteiger partial charge in [0.2, 0.25) is 5.91 Å². The second kappa shape index (κ2) is 7.56. The number of carbonyl (C=O) groups is 2. The summed E-state index contributed by atoms with van der Waals surface area (Å²) in [5.41, 5.74) is 1.57. The van der Waals surface area contributed by atoms with E-state index in [0.717, 1.165) is 0 Å². The summed E-state index contributed by atoms with van der Waals surface area (Å²) in [6.07, 6.45) is 0. The Bertz CT molecular complexity index is 902. The predicted molar refractivity (Wildman–Crippen MR) is 103 cm³/mol. The minimum atomic E-state index is -0.565. The van der Waals surface area contributed by atoms with Gasteiger partial charge in [0.1, 0.15) is 17.6 Å². The highest BCUT2D eigenvalue weighted by atomic mass is 79.9. The number of hydrogen-bond donors (Lipinski definition) is 1. The molecule has 0 aliphatic carbocycles. The van der Waals surface area contributed by atoms with Gasteiger partial charge in [0.05, 0.1) is 27.5 Å². The van der Waals surface area contributed by atoms with E-state index in [-0.39, 0.29) is 11.8 Å². The molecule has 1 aromatic carbocycles. The van der Waals surface area contributed by atoms with Crippen LogP contribution in [-0.4, -0.2) is 34.4 Å². The topological polar surface area (TPSA) is 86.3 Å². The minimum Gasteiger partial charge on any atom is -0.465 e. The number of rotatable bonds is 3. The van der Waals surface area contributed by atoms with Crippen molar-refractivity contribution in [2.75, 3.05) is 16.9 Å². The summed E-state index contributed by atoms with van der Waals surface area (Å²) < 4.78 is 6.14. The maximum atomic E-state index is 13.0. The standard InChI is InChI=1S/C18H16BrN3O3S/c1-10-15(16(19)11(2)25-10)18(24)22-9-26-8-14(22)17(23)21-13-5-3-12(7-20)4-6-13/h3-6,14H,8-9H2,1-2H3,(H,21,23). The molecular weight excluding hydrogens is 418 g/mol. The van der Waals surface area contributed by atoms with Gasteiger partial charge in [0.15, 0.2) is 0 Å². The molecule has 1 atom stereocenters. The second-order valence-corrected chi connectivity index (χ2v) is 7.67. The molecule has 1 saturated heterocycles. The van der Waals surface area contributed by atoms with Crippen molar-refractivity contribution >= 4 is 45.2 Å². The van der Waals surface area contributed by atoms with Gasteiger partial charge in [0.25, 0.3) is 5.91 Å². The van der Waals surface area contributed by atoms with Gasteiger partial charge in [0, 0.05) is 11.4 Å². The van der Waals surface area contributed by atoms with Crippen LogP contribution in [0.3, 0.4) is 0 Å². The molecule has 0 spiro atoms. The van der Waals surface area contributed by atoms with Crippen molar-refractivity contribution in [2.45, 2.75) is 19.9 Å². The smallest absolute Gasteiger partial charge is 0.259 e. The highest BCUT2D eigenvalue weighted by Gasteiger charge is 2.37. The van der Waals surface area contributed by atoms with Crippen LogP contribution in [0.2, 0.25) is 0 Å². The number of aryl methyl sites for hydroxylation is 2. The first kappa shape index (κ1) is 18.5. The first-order valence-electron chi connectivity index (χ1n) is 7.87. The number of halogens is 1. The van der Waals surface area contributed by atoms with E-state index in [1.165, 1.54) is 11.8 Å². The van der Waals surface area contributed by atoms with Gasteiger partial charge in [-0.25, -0.2) is 0 Å². The lowest BCUT2D eigenvalue weighted by atomic mass is 10.1. The Labute approximate surface area is 163 Å². The Hall–Kier alpha value is -2.24. The predicted octanol–water partition coefficient (Wildman–Crippen LogP) is 3.68. The quantitative estimate of drug-likeness (QED) is 0.797. The number of carbonyl (C=O) groups excluding carboxylic acids is 2. The molecule has 0 bridgehead atoms. The first-order chi connectivity index (χ1) is 12.4. The number of amides is 2. The van der Waals surface area contributed by atoms with E-state index in [1.54, 1.807) is 43.0 Å². The number of anilines is 1. The van der Waals surface area contributed by atoms with Gasteiger partial charge >= 0.3 is 0 Å². The van der Waals surface area contributed by atoms with Gasteiger partial charge in [-0.1, -0.05) is 0 Å². The average molecular weight is 434 g/mol. The molecule has 2 heterocycles. The summed E-state index contributed by atoms with van der Waals surface area (Å²) in [7, 11) is 0. The molecule has 1 aliphatic rings. The molecule has 2 amide bonds. The molecule has 8 heteroatoms. The van der Waals surface area contributed by atoms with Crippen molar-refractivity contribution in [3.05, 3.63) is 51.4 Å². The summed E-state index contributed by atoms with van der Waals surface area (Å²) in [6.45, 7) is 3.52. The van der Waals surface area contributed by atoms with Gasteiger partial charge < -0.3 is 14.6 Å². The summed E-state index contributed by atoms with van der Waals surface area (Å²) >= 11 is 4.93. The number of nitrogens with one attached hydrogen (secondary N) is 1. The van der Waals surface area contributed by atoms with Crippen molar-refractivity contribution < 1.29 is 14.0 Å². The third-order valence-corrected chi connectivity index (χ3v) is 6.10. The number of benzene rings is 1. The fraction of sp³-hybridized carbons (Fsp3) is 0.278. The molecule has 1 aliphatic heterocycles. The Balaban J connectivity index is 1.77. The molecule has 6 nitrogen and oxygen atoms in total. The Morgan fingerprint density at radius 3 is 2.58 bits per heavy atom. The van der Waals surface area contributed by atoms with E-state index >= 15 is 0 Å². The number of hydrogen-bond acceptors (Lipinski definition) is 5. The van der Waals surface area contributed by atoms with Crippen molar-refractivity contribution in [1.82, 2.24) is 4.90 Å². The number of thioether (sulfide) groups is 1. The van der Waals surface area contributed by atoms with Crippen LogP contribution < -0.4 is 5.32 Å². The highest BCUT2D eigenvalue weighted by molar-refractivity contribution is 9.10. The van der Waals surface area contributed by atoms with Crippen molar-refractivity contribution in [3.8, 4) is 6.07 Å². The number of furan rings is 1. The van der Waals surface area contributed by atoms with Crippen LogP contribution in [0, 0.1) is 25.2 Å². The largest absolute Gasteiger partial charge is 0.465 e. The lowest BCUT2D eigenvalue weighted by molar-refractivity contribution is -0.119. The maximum absolute atomic E-state index is 13.0. The van der Waals surface area contributed by atoms with E-state index in [4.69, 9.17) is 9.68 Å². The molecule has 1 unspecified atom stereocenters. The van der Waals surface area contributed by atoms with Crippen molar-refractivity contribution in [3.63, 3.8) is 0 Å². The molecule has 1 N–H and O–H groups in total. The SMILES string of the molecule is Cc1oc(C)c(C(=O)N2CSCC2C(=O)Nc2ccc(C#N)cc2)c1Br. The lowest BCUT2D eigenvalue weighted by Gasteiger charge is -2.23. The third-order valence-electron chi connectivity index (χ3n) is 4.13. The fourth-order valence-electron chi connectivity index (χ4n) is 2.76. The molecule has 0 saturated carbocycles. The monoisotopic (exact) mass is 433 g/mol. The molecule has 1 fully saturated rings. The molecule has 0 radical (unpaired) electrons. The van der Waals surface area contributed by atoms with Crippen LogP contribution in [0.4, 0.5) is 5.69 Å². The van der Waals surface area contributed by atoms with E-state index < -0.39 is 6.04 Å². The zero-order valence-electron chi connectivity index (χ0n) is 14.2. The summed E-state index contributed by atoms with van der Waals surface area (Å²) in [5.74, 6) is 1.67. The van der Waals surface area contributed by atoms with Gasteiger partial charge in [-0.3, -0.25) is 9.59 Å². The van der Waals surface area contributed by atoms with Crippen LogP contribution in [0.25, 0.3) is 0 Å². The average Bonchev–Trinajstić information content (AvgIpc) is 3.20. The Morgan fingerprint density at radius 1 is 1.31 bits per heavy atom. The zero-order chi connectivity index (χ0) is 18.8. The van der Waals surface area contributed by atoms with E-state index in [2.05, 4.69) is 21.2 Å². The molecule has 3 rings (SSSR count). The molecule has 26 heavy (non-hydrogen) atoms. The van der Waals surface area contributed by atoms with Gasteiger partial charge in [-0.15, -0.1) is 11.8 Å². The Morgan fingerprint density at radius 2 is 2.00 bits per heavy atom. The normalized spacial score (nSPS) is 16.4. The maximum Gasteiger partial charge on any atom is 0.259 e. The van der Waals surface area contributed by atoms with Crippen molar-refractivity contribution in [1.29, 1.82) is 5.26 Å². The summed E-state index contributed by atoms with van der Waals surface area (Å²) in [6, 6.07) is 8.08. The van der Waals surface area contributed by atoms with Gasteiger partial charge in [-0.2, -0.15) is 5.26 Å². The van der Waals surface area contributed by atoms with Crippen LogP contribution in [0.15, 0.2) is 33.2 Å². The lowest BCUT2D eigenvalue weighted by Crippen LogP contribution is -2.44. The van der Waals surface area contributed by atoms with Crippen LogP contribution in [0.5, 0.6) is 0 Å². The molecule has 134 valence electrons. The summed E-state index contributed by atoms with van der Waals surface area (Å²) in [5, 5.41) is 11.7. The van der Waals surface area contributed by atoms with Crippen LogP contribution in [0.1, 0.15) is 27.4 Å². The molecule has 1 aromatic heterocycles. The fourth-order valence-corrected chi connectivity index (χ4v) is 4.44. The number of nitriles is 1. The summed E-state index contributed by atoms with van der Waals surface area (Å²) in [4.78, 5) is 27.2. The third kappa shape index (κ3) is 3.50.